The summed E-state index contributed by atoms with van der Waals surface area (Å²) in [7, 11) is 0. The van der Waals surface area contributed by atoms with E-state index in [1.165, 1.54) is 17.8 Å². The molecule has 2 heterocycles. The summed E-state index contributed by atoms with van der Waals surface area (Å²) in [5, 5.41) is 11.3. The predicted octanol–water partition coefficient (Wildman–Crippen LogP) is 5.16. The van der Waals surface area contributed by atoms with Gasteiger partial charge in [-0.15, -0.1) is 0 Å². The summed E-state index contributed by atoms with van der Waals surface area (Å²) in [5.74, 6) is -0.169. The van der Waals surface area contributed by atoms with Crippen LogP contribution in [0.5, 0.6) is 0 Å². The van der Waals surface area contributed by atoms with Crippen molar-refractivity contribution in [2.45, 2.75) is 13.5 Å². The van der Waals surface area contributed by atoms with E-state index in [2.05, 4.69) is 0 Å². The van der Waals surface area contributed by atoms with Crippen molar-refractivity contribution in [3.63, 3.8) is 0 Å². The molecule has 0 spiro atoms. The van der Waals surface area contributed by atoms with Crippen LogP contribution in [0.3, 0.4) is 0 Å². The van der Waals surface area contributed by atoms with Crippen molar-refractivity contribution in [2.75, 3.05) is 4.90 Å². The summed E-state index contributed by atoms with van der Waals surface area (Å²) < 4.78 is 2.36. The number of hydrogen-bond donors (Lipinski definition) is 0. The van der Waals surface area contributed by atoms with Gasteiger partial charge >= 0.3 is 0 Å². The van der Waals surface area contributed by atoms with Crippen molar-refractivity contribution in [3.05, 3.63) is 98.7 Å². The Labute approximate surface area is 183 Å². The minimum atomic E-state index is -0.383. The van der Waals surface area contributed by atoms with Gasteiger partial charge in [-0.2, -0.15) is 0 Å². The van der Waals surface area contributed by atoms with Crippen LogP contribution in [-0.4, -0.2) is 19.7 Å². The Kier molecular flexibility index (Phi) is 5.52. The molecule has 6 nitrogen and oxygen atoms in total. The van der Waals surface area contributed by atoms with Gasteiger partial charge in [0.1, 0.15) is 0 Å². The summed E-state index contributed by atoms with van der Waals surface area (Å²) in [4.78, 5) is 26.1. The summed E-state index contributed by atoms with van der Waals surface area (Å²) >= 11 is 6.71. The van der Waals surface area contributed by atoms with E-state index in [1.54, 1.807) is 29.2 Å². The standard InChI is InChI=1S/C22H17N3O3S2/c1-15-7-2-4-10-18(15)24-21(26)20(30-22(24)29)13-17-9-6-12-23(17)14-16-8-3-5-11-19(16)25(27)28/h2-13H,14H2,1H3/b20-13+. The SMILES string of the molecule is Cc1ccccc1N1C(=O)/C(=C\c2cccn2Cc2ccccc2[N+](=O)[O-])SC1=S. The highest BCUT2D eigenvalue weighted by Crippen LogP contribution is 2.37. The molecule has 30 heavy (non-hydrogen) atoms. The molecule has 1 aromatic heterocycles. The molecule has 1 amide bonds. The van der Waals surface area contributed by atoms with Crippen LogP contribution < -0.4 is 4.90 Å². The fraction of sp³-hybridized carbons (Fsp3) is 0.0909. The molecule has 0 aliphatic carbocycles. The van der Waals surface area contributed by atoms with Crippen LogP contribution in [0, 0.1) is 17.0 Å². The van der Waals surface area contributed by atoms with Crippen LogP contribution in [0.25, 0.3) is 6.08 Å². The van der Waals surface area contributed by atoms with E-state index in [1.807, 2.05) is 54.1 Å². The van der Waals surface area contributed by atoms with Crippen molar-refractivity contribution in [1.29, 1.82) is 0 Å². The highest BCUT2D eigenvalue weighted by molar-refractivity contribution is 8.27. The Balaban J connectivity index is 1.64. The Bertz CT molecular complexity index is 1200. The first-order valence-corrected chi connectivity index (χ1v) is 10.4. The largest absolute Gasteiger partial charge is 0.343 e. The van der Waals surface area contributed by atoms with Gasteiger partial charge in [-0.3, -0.25) is 19.8 Å². The van der Waals surface area contributed by atoms with E-state index in [0.717, 1.165) is 16.9 Å². The number of nitrogens with zero attached hydrogens (tertiary/aromatic N) is 3. The van der Waals surface area contributed by atoms with Crippen LogP contribution in [0.1, 0.15) is 16.8 Å². The highest BCUT2D eigenvalue weighted by atomic mass is 32.2. The third kappa shape index (κ3) is 3.79. The molecule has 2 aromatic carbocycles. The number of para-hydroxylation sites is 2. The number of benzene rings is 2. The summed E-state index contributed by atoms with van der Waals surface area (Å²) in [6.07, 6.45) is 3.62. The van der Waals surface area contributed by atoms with Crippen molar-refractivity contribution in [2.24, 2.45) is 0 Å². The number of aryl methyl sites for hydroxylation is 1. The lowest BCUT2D eigenvalue weighted by atomic mass is 10.1. The Morgan fingerprint density at radius 3 is 2.60 bits per heavy atom. The monoisotopic (exact) mass is 435 g/mol. The first-order chi connectivity index (χ1) is 14.5. The molecule has 1 saturated heterocycles. The van der Waals surface area contributed by atoms with Crippen molar-refractivity contribution in [3.8, 4) is 0 Å². The van der Waals surface area contributed by atoms with Gasteiger partial charge in [0.2, 0.25) is 0 Å². The number of aromatic nitrogens is 1. The second kappa shape index (κ2) is 8.25. The topological polar surface area (TPSA) is 68.4 Å². The number of hydrogen-bond acceptors (Lipinski definition) is 5. The Morgan fingerprint density at radius 1 is 1.10 bits per heavy atom. The van der Waals surface area contributed by atoms with Crippen LogP contribution in [0.15, 0.2) is 71.8 Å². The fourth-order valence-corrected chi connectivity index (χ4v) is 4.60. The third-order valence-corrected chi connectivity index (χ3v) is 6.12. The smallest absolute Gasteiger partial charge is 0.274 e. The molecular weight excluding hydrogens is 418 g/mol. The van der Waals surface area contributed by atoms with Crippen LogP contribution >= 0.6 is 24.0 Å². The van der Waals surface area contributed by atoms with E-state index in [0.29, 0.717) is 21.3 Å². The number of nitro benzene ring substituents is 1. The maximum absolute atomic E-state index is 13.1. The van der Waals surface area contributed by atoms with E-state index in [4.69, 9.17) is 12.2 Å². The number of thiocarbonyl (C=S) groups is 1. The second-order valence-corrected chi connectivity index (χ2v) is 8.43. The zero-order chi connectivity index (χ0) is 21.3. The van der Waals surface area contributed by atoms with E-state index in [-0.39, 0.29) is 16.5 Å². The molecule has 0 bridgehead atoms. The first-order valence-electron chi connectivity index (χ1n) is 9.17. The highest BCUT2D eigenvalue weighted by Gasteiger charge is 2.34. The number of thioether (sulfide) groups is 1. The fourth-order valence-electron chi connectivity index (χ4n) is 3.33. The minimum absolute atomic E-state index is 0.0722. The molecule has 0 saturated carbocycles. The number of amides is 1. The molecule has 0 atom stereocenters. The van der Waals surface area contributed by atoms with Crippen molar-refractivity contribution >= 4 is 51.7 Å². The van der Waals surface area contributed by atoms with Gasteiger partial charge in [0.25, 0.3) is 11.6 Å². The van der Waals surface area contributed by atoms with Crippen molar-refractivity contribution < 1.29 is 9.72 Å². The lowest BCUT2D eigenvalue weighted by Crippen LogP contribution is -2.28. The number of anilines is 1. The predicted molar refractivity (Wildman–Crippen MR) is 123 cm³/mol. The molecular formula is C22H17N3O3S2. The Morgan fingerprint density at radius 2 is 1.83 bits per heavy atom. The summed E-state index contributed by atoms with van der Waals surface area (Å²) in [6, 6.07) is 18.0. The van der Waals surface area contributed by atoms with E-state index < -0.39 is 0 Å². The van der Waals surface area contributed by atoms with Gasteiger partial charge in [0.15, 0.2) is 4.32 Å². The lowest BCUT2D eigenvalue weighted by Gasteiger charge is -2.16. The van der Waals surface area contributed by atoms with Gasteiger partial charge in [-0.05, 0) is 36.8 Å². The number of nitro groups is 1. The Hall–Kier alpha value is -3.23. The average Bonchev–Trinajstić information content (AvgIpc) is 3.27. The zero-order valence-corrected chi connectivity index (χ0v) is 17.7. The molecule has 1 aliphatic rings. The van der Waals surface area contributed by atoms with E-state index in [9.17, 15) is 14.9 Å². The maximum Gasteiger partial charge on any atom is 0.274 e. The van der Waals surface area contributed by atoms with Crippen LogP contribution in [-0.2, 0) is 11.3 Å². The van der Waals surface area contributed by atoms with Gasteiger partial charge in [0.05, 0.1) is 22.1 Å². The molecule has 150 valence electrons. The zero-order valence-electron chi connectivity index (χ0n) is 16.0. The molecule has 8 heteroatoms. The minimum Gasteiger partial charge on any atom is -0.343 e. The van der Waals surface area contributed by atoms with Crippen LogP contribution in [0.2, 0.25) is 0 Å². The lowest BCUT2D eigenvalue weighted by molar-refractivity contribution is -0.385. The molecule has 0 N–H and O–H groups in total. The third-order valence-electron chi connectivity index (χ3n) is 4.82. The molecule has 1 aliphatic heterocycles. The summed E-state index contributed by atoms with van der Waals surface area (Å²) in [6.45, 7) is 2.27. The van der Waals surface area contributed by atoms with Gasteiger partial charge in [-0.1, -0.05) is 60.4 Å². The van der Waals surface area contributed by atoms with Gasteiger partial charge in [0, 0.05) is 23.5 Å². The quantitative estimate of drug-likeness (QED) is 0.240. The molecule has 1 fully saturated rings. The maximum atomic E-state index is 13.1. The van der Waals surface area contributed by atoms with Gasteiger partial charge < -0.3 is 4.57 Å². The molecule has 0 radical (unpaired) electrons. The molecule has 0 unspecified atom stereocenters. The number of rotatable bonds is 5. The average molecular weight is 436 g/mol. The number of carbonyl (C=O) groups excluding carboxylic acids is 1. The molecule has 3 aromatic rings. The van der Waals surface area contributed by atoms with Gasteiger partial charge in [-0.25, -0.2) is 0 Å². The normalized spacial score (nSPS) is 15.2. The van der Waals surface area contributed by atoms with Crippen LogP contribution in [0.4, 0.5) is 11.4 Å². The van der Waals surface area contributed by atoms with Crippen molar-refractivity contribution in [1.82, 2.24) is 4.57 Å². The van der Waals surface area contributed by atoms with E-state index >= 15 is 0 Å². The number of carbonyl (C=O) groups is 1. The second-order valence-electron chi connectivity index (χ2n) is 6.75. The first kappa shape index (κ1) is 20.1. The molecule has 4 rings (SSSR count). The summed E-state index contributed by atoms with van der Waals surface area (Å²) in [5.41, 5.74) is 3.19.